The third-order valence-corrected chi connectivity index (χ3v) is 8.05. The summed E-state index contributed by atoms with van der Waals surface area (Å²) < 4.78 is 1.99. The Labute approximate surface area is 229 Å². The van der Waals surface area contributed by atoms with Crippen molar-refractivity contribution in [1.29, 1.82) is 0 Å². The van der Waals surface area contributed by atoms with Crippen molar-refractivity contribution >= 4 is 40.0 Å². The van der Waals surface area contributed by atoms with Crippen LogP contribution in [0.2, 0.25) is 0 Å². The lowest BCUT2D eigenvalue weighted by atomic mass is 10.1. The Hall–Kier alpha value is -3.66. The number of rotatable bonds is 10. The highest BCUT2D eigenvalue weighted by Gasteiger charge is 2.21. The first-order chi connectivity index (χ1) is 18.5. The fraction of sp³-hybridized carbons (Fsp3) is 0.172. The number of benzene rings is 4. The van der Waals surface area contributed by atoms with E-state index in [0.717, 1.165) is 22.8 Å². The number of nitro benzene ring substituents is 1. The largest absolute Gasteiger partial charge is 0.328 e. The van der Waals surface area contributed by atoms with Crippen LogP contribution in [0.1, 0.15) is 23.9 Å². The summed E-state index contributed by atoms with van der Waals surface area (Å²) in [5, 5.41) is 23.9. The van der Waals surface area contributed by atoms with Gasteiger partial charge >= 0.3 is 0 Å². The number of hydrogen-bond donors (Lipinski definition) is 1. The molecule has 0 aliphatic carbocycles. The van der Waals surface area contributed by atoms with Crippen LogP contribution in [0.25, 0.3) is 16.5 Å². The third kappa shape index (κ3) is 5.91. The molecule has 0 spiro atoms. The maximum Gasteiger partial charge on any atom is 0.283 e. The topological polar surface area (TPSA) is 99.9 Å². The van der Waals surface area contributed by atoms with Crippen LogP contribution in [0.5, 0.6) is 0 Å². The van der Waals surface area contributed by atoms with E-state index in [-0.39, 0.29) is 16.7 Å². The van der Waals surface area contributed by atoms with Gasteiger partial charge in [-0.25, -0.2) is 0 Å². The second-order valence-electron chi connectivity index (χ2n) is 9.04. The first-order valence-corrected chi connectivity index (χ1v) is 14.2. The van der Waals surface area contributed by atoms with Gasteiger partial charge in [0, 0.05) is 23.5 Å². The average molecular weight is 542 g/mol. The summed E-state index contributed by atoms with van der Waals surface area (Å²) in [6.45, 7) is 1.89. The second kappa shape index (κ2) is 11.8. The zero-order valence-electron chi connectivity index (χ0n) is 20.9. The molecule has 5 rings (SSSR count). The van der Waals surface area contributed by atoms with Crippen LogP contribution in [-0.4, -0.2) is 25.7 Å². The molecule has 192 valence electrons. The lowest BCUT2D eigenvalue weighted by Crippen LogP contribution is -2.17. The van der Waals surface area contributed by atoms with Gasteiger partial charge in [-0.2, -0.15) is 0 Å². The van der Waals surface area contributed by atoms with E-state index in [1.807, 2.05) is 47.9 Å². The number of hydrogen-bond acceptors (Lipinski definition) is 7. The minimum atomic E-state index is -0.350. The predicted octanol–water partition coefficient (Wildman–Crippen LogP) is 6.80. The van der Waals surface area contributed by atoms with Gasteiger partial charge in [0.25, 0.3) is 5.69 Å². The van der Waals surface area contributed by atoms with Gasteiger partial charge in [0.15, 0.2) is 0 Å². The Morgan fingerprint density at radius 3 is 2.50 bits per heavy atom. The number of aromatic nitrogens is 3. The molecule has 1 heterocycles. The normalized spacial score (nSPS) is 12.1. The zero-order valence-corrected chi connectivity index (χ0v) is 22.5. The first-order valence-electron chi connectivity index (χ1n) is 12.2. The molecule has 0 amide bonds. The smallest absolute Gasteiger partial charge is 0.283 e. The minimum Gasteiger partial charge on any atom is -0.328 e. The monoisotopic (exact) mass is 541 g/mol. The maximum atomic E-state index is 11.9. The molecule has 1 aromatic heterocycles. The molecule has 0 aliphatic rings. The molecule has 0 fully saturated rings. The van der Waals surface area contributed by atoms with Crippen LogP contribution in [0, 0.1) is 10.1 Å². The van der Waals surface area contributed by atoms with Crippen LogP contribution in [-0.2, 0) is 17.9 Å². The molecule has 0 bridgehead atoms. The summed E-state index contributed by atoms with van der Waals surface area (Å²) in [6.07, 6.45) is 0.573. The number of fused-ring (bicyclic) bond motifs is 1. The zero-order chi connectivity index (χ0) is 26.5. The van der Waals surface area contributed by atoms with E-state index >= 15 is 0 Å². The molecular weight excluding hydrogens is 514 g/mol. The van der Waals surface area contributed by atoms with Crippen molar-refractivity contribution in [2.75, 3.05) is 0 Å². The molecule has 5 aromatic rings. The van der Waals surface area contributed by atoms with Crippen LogP contribution >= 0.6 is 23.5 Å². The predicted molar refractivity (Wildman–Crippen MR) is 155 cm³/mol. The molecule has 2 N–H and O–H groups in total. The molecule has 0 saturated carbocycles. The molecule has 0 aliphatic heterocycles. The highest BCUT2D eigenvalue weighted by atomic mass is 32.2. The minimum absolute atomic E-state index is 0.0441. The van der Waals surface area contributed by atoms with Gasteiger partial charge in [0.1, 0.15) is 5.82 Å². The van der Waals surface area contributed by atoms with Crippen LogP contribution in [0.15, 0.2) is 101 Å². The van der Waals surface area contributed by atoms with Gasteiger partial charge in [-0.3, -0.25) is 14.7 Å². The Bertz CT molecular complexity index is 1570. The molecule has 9 heteroatoms. The number of para-hydroxylation sites is 1. The molecule has 7 nitrogen and oxygen atoms in total. The van der Waals surface area contributed by atoms with Gasteiger partial charge in [-0.15, -0.1) is 22.0 Å². The van der Waals surface area contributed by atoms with Crippen molar-refractivity contribution < 1.29 is 4.92 Å². The molecule has 0 radical (unpaired) electrons. The Morgan fingerprint density at radius 1 is 0.947 bits per heavy atom. The SMILES string of the molecule is CC(N)Cc1ccc(Sc2nnc(CSCc3cccc4ccccc34)n2-c2ccccc2)c([N+](=O)[O-])c1. The summed E-state index contributed by atoms with van der Waals surface area (Å²) in [5.74, 6) is 2.26. The van der Waals surface area contributed by atoms with Crippen molar-refractivity contribution in [1.82, 2.24) is 14.8 Å². The Balaban J connectivity index is 1.42. The lowest BCUT2D eigenvalue weighted by molar-refractivity contribution is -0.387. The first kappa shape index (κ1) is 26.0. The molecule has 4 aromatic carbocycles. The number of nitrogens with zero attached hydrogens (tertiary/aromatic N) is 4. The van der Waals surface area contributed by atoms with Crippen molar-refractivity contribution in [3.63, 3.8) is 0 Å². The van der Waals surface area contributed by atoms with E-state index < -0.39 is 0 Å². The molecule has 1 atom stereocenters. The maximum absolute atomic E-state index is 11.9. The summed E-state index contributed by atoms with van der Waals surface area (Å²) in [5.41, 5.74) is 8.98. The number of thioether (sulfide) groups is 1. The van der Waals surface area contributed by atoms with Gasteiger partial charge in [-0.05, 0) is 65.2 Å². The van der Waals surface area contributed by atoms with Crippen molar-refractivity contribution in [2.45, 2.75) is 40.9 Å². The van der Waals surface area contributed by atoms with Crippen LogP contribution < -0.4 is 5.73 Å². The van der Waals surface area contributed by atoms with E-state index in [2.05, 4.69) is 52.7 Å². The van der Waals surface area contributed by atoms with Crippen molar-refractivity contribution in [3.05, 3.63) is 118 Å². The van der Waals surface area contributed by atoms with E-state index in [9.17, 15) is 10.1 Å². The van der Waals surface area contributed by atoms with Crippen LogP contribution in [0.4, 0.5) is 5.69 Å². The molecule has 0 saturated heterocycles. The fourth-order valence-corrected chi connectivity index (χ4v) is 6.25. The van der Waals surface area contributed by atoms with Gasteiger partial charge in [-0.1, -0.05) is 66.7 Å². The Morgan fingerprint density at radius 2 is 1.71 bits per heavy atom. The van der Waals surface area contributed by atoms with Gasteiger partial charge in [0.05, 0.1) is 15.6 Å². The quantitative estimate of drug-likeness (QED) is 0.153. The molecule has 38 heavy (non-hydrogen) atoms. The molecule has 1 unspecified atom stereocenters. The number of nitrogens with two attached hydrogens (primary N) is 1. The van der Waals surface area contributed by atoms with E-state index in [0.29, 0.717) is 22.2 Å². The summed E-state index contributed by atoms with van der Waals surface area (Å²) in [6, 6.07) is 29.8. The second-order valence-corrected chi connectivity index (χ2v) is 11.0. The average Bonchev–Trinajstić information content (AvgIpc) is 3.32. The van der Waals surface area contributed by atoms with E-state index in [1.165, 1.54) is 28.1 Å². The van der Waals surface area contributed by atoms with Crippen molar-refractivity contribution in [3.8, 4) is 5.69 Å². The standard InChI is InChI=1S/C29H27N5O2S2/c1-20(30)16-21-14-15-27(26(17-21)34(35)36)38-29-32-31-28(33(29)24-11-3-2-4-12-24)19-37-18-23-10-7-9-22-8-5-6-13-25(22)23/h2-15,17,20H,16,18-19,30H2,1H3. The van der Waals surface area contributed by atoms with E-state index in [4.69, 9.17) is 5.73 Å². The highest BCUT2D eigenvalue weighted by Crippen LogP contribution is 2.37. The summed E-state index contributed by atoms with van der Waals surface area (Å²) >= 11 is 3.02. The van der Waals surface area contributed by atoms with Gasteiger partial charge in [0.2, 0.25) is 5.16 Å². The van der Waals surface area contributed by atoms with Crippen LogP contribution in [0.3, 0.4) is 0 Å². The fourth-order valence-electron chi connectivity index (χ4n) is 4.36. The summed E-state index contributed by atoms with van der Waals surface area (Å²) in [4.78, 5) is 12.1. The molecular formula is C29H27N5O2S2. The van der Waals surface area contributed by atoms with Gasteiger partial charge < -0.3 is 5.73 Å². The van der Waals surface area contributed by atoms with Crippen molar-refractivity contribution in [2.24, 2.45) is 5.73 Å². The number of nitro groups is 1. The lowest BCUT2D eigenvalue weighted by Gasteiger charge is -2.11. The summed E-state index contributed by atoms with van der Waals surface area (Å²) in [7, 11) is 0. The van der Waals surface area contributed by atoms with E-state index in [1.54, 1.807) is 23.9 Å². The Kier molecular flexibility index (Phi) is 8.07. The third-order valence-electron chi connectivity index (χ3n) is 6.06. The highest BCUT2D eigenvalue weighted by molar-refractivity contribution is 7.99.